The maximum absolute atomic E-state index is 11.9. The van der Waals surface area contributed by atoms with Gasteiger partial charge >= 0.3 is 6.03 Å². The summed E-state index contributed by atoms with van der Waals surface area (Å²) in [6.07, 6.45) is 11.7. The summed E-state index contributed by atoms with van der Waals surface area (Å²) in [6, 6.07) is 0.456. The van der Waals surface area contributed by atoms with Gasteiger partial charge in [-0.3, -0.25) is 9.59 Å². The van der Waals surface area contributed by atoms with Crippen molar-refractivity contribution in [1.29, 1.82) is 0 Å². The van der Waals surface area contributed by atoms with Crippen LogP contribution < -0.4 is 16.0 Å². The second kappa shape index (κ2) is 11.1. The van der Waals surface area contributed by atoms with Gasteiger partial charge in [-0.05, 0) is 25.7 Å². The summed E-state index contributed by atoms with van der Waals surface area (Å²) in [6.45, 7) is 0.551. The van der Waals surface area contributed by atoms with Gasteiger partial charge in [-0.15, -0.1) is 12.3 Å². The number of thioether (sulfide) groups is 1. The SMILES string of the molecule is C#CCCCC(=O)NCCCC(=O)CCCC[C@@H]1SC[C@@H]2NC(=O)N[C@@H]21. The first-order valence-corrected chi connectivity index (χ1v) is 10.6. The number of rotatable bonds is 12. The van der Waals surface area contributed by atoms with Crippen LogP contribution >= 0.6 is 11.8 Å². The Hall–Kier alpha value is -1.68. The monoisotopic (exact) mass is 379 g/mol. The molecule has 0 saturated carbocycles. The molecule has 0 aromatic carbocycles. The summed E-state index contributed by atoms with van der Waals surface area (Å²) in [5.41, 5.74) is 0. The molecule has 0 aromatic rings. The maximum Gasteiger partial charge on any atom is 0.315 e. The molecular weight excluding hydrogens is 350 g/mol. The van der Waals surface area contributed by atoms with Crippen molar-refractivity contribution in [2.75, 3.05) is 12.3 Å². The normalized spacial score (nSPS) is 23.7. The molecule has 3 atom stereocenters. The Morgan fingerprint density at radius 1 is 1.15 bits per heavy atom. The first-order chi connectivity index (χ1) is 12.6. The smallest absolute Gasteiger partial charge is 0.315 e. The Kier molecular flexibility index (Phi) is 8.82. The molecule has 26 heavy (non-hydrogen) atoms. The zero-order valence-electron chi connectivity index (χ0n) is 15.2. The fraction of sp³-hybridized carbons (Fsp3) is 0.737. The Morgan fingerprint density at radius 2 is 1.96 bits per heavy atom. The average molecular weight is 380 g/mol. The van der Waals surface area contributed by atoms with E-state index < -0.39 is 0 Å². The minimum atomic E-state index is -0.0522. The van der Waals surface area contributed by atoms with Crippen molar-refractivity contribution in [3.05, 3.63) is 0 Å². The molecule has 2 rings (SSSR count). The third-order valence-electron chi connectivity index (χ3n) is 4.81. The number of nitrogens with one attached hydrogen (secondary N) is 3. The predicted molar refractivity (Wildman–Crippen MR) is 104 cm³/mol. The quantitative estimate of drug-likeness (QED) is 0.275. The van der Waals surface area contributed by atoms with Crippen LogP contribution in [0.15, 0.2) is 0 Å². The van der Waals surface area contributed by atoms with Crippen molar-refractivity contribution in [3.63, 3.8) is 0 Å². The number of ketones is 1. The zero-order chi connectivity index (χ0) is 18.8. The molecule has 0 unspecified atom stereocenters. The fourth-order valence-electron chi connectivity index (χ4n) is 3.39. The van der Waals surface area contributed by atoms with Crippen LogP contribution in [-0.2, 0) is 9.59 Å². The molecule has 7 heteroatoms. The molecule has 0 bridgehead atoms. The molecule has 6 nitrogen and oxygen atoms in total. The molecule has 2 aliphatic heterocycles. The van der Waals surface area contributed by atoms with E-state index in [9.17, 15) is 14.4 Å². The minimum Gasteiger partial charge on any atom is -0.356 e. The van der Waals surface area contributed by atoms with Crippen LogP contribution in [0, 0.1) is 12.3 Å². The van der Waals surface area contributed by atoms with E-state index in [2.05, 4.69) is 21.9 Å². The lowest BCUT2D eigenvalue weighted by Gasteiger charge is -2.16. The summed E-state index contributed by atoms with van der Waals surface area (Å²) in [5, 5.41) is 9.21. The second-order valence-corrected chi connectivity index (χ2v) is 8.19. The van der Waals surface area contributed by atoms with Crippen LogP contribution in [-0.4, -0.2) is 47.4 Å². The van der Waals surface area contributed by atoms with E-state index in [0.717, 1.165) is 25.0 Å². The van der Waals surface area contributed by atoms with Crippen molar-refractivity contribution in [2.45, 2.75) is 75.1 Å². The number of hydrogen-bond donors (Lipinski definition) is 3. The van der Waals surface area contributed by atoms with Crippen molar-refractivity contribution >= 4 is 29.5 Å². The van der Waals surface area contributed by atoms with Crippen LogP contribution in [0.4, 0.5) is 4.79 Å². The highest BCUT2D eigenvalue weighted by atomic mass is 32.2. The Labute approximate surface area is 160 Å². The molecule has 0 aliphatic carbocycles. The molecule has 2 aliphatic rings. The Bertz CT molecular complexity index is 547. The van der Waals surface area contributed by atoms with Crippen LogP contribution in [0.3, 0.4) is 0 Å². The Balaban J connectivity index is 1.45. The molecule has 144 valence electrons. The van der Waals surface area contributed by atoms with Gasteiger partial charge in [-0.1, -0.05) is 6.42 Å². The zero-order valence-corrected chi connectivity index (χ0v) is 16.0. The van der Waals surface area contributed by atoms with Gasteiger partial charge in [0.25, 0.3) is 0 Å². The highest BCUT2D eigenvalue weighted by Crippen LogP contribution is 2.33. The van der Waals surface area contributed by atoms with Crippen molar-refractivity contribution < 1.29 is 14.4 Å². The van der Waals surface area contributed by atoms with Crippen molar-refractivity contribution in [2.24, 2.45) is 0 Å². The van der Waals surface area contributed by atoms with E-state index in [4.69, 9.17) is 6.42 Å². The molecule has 3 N–H and O–H groups in total. The van der Waals surface area contributed by atoms with E-state index >= 15 is 0 Å². The lowest BCUT2D eigenvalue weighted by atomic mass is 10.0. The van der Waals surface area contributed by atoms with Gasteiger partial charge in [0.15, 0.2) is 0 Å². The average Bonchev–Trinajstić information content (AvgIpc) is 3.15. The molecule has 2 heterocycles. The maximum atomic E-state index is 11.9. The topological polar surface area (TPSA) is 87.3 Å². The van der Waals surface area contributed by atoms with Gasteiger partial charge in [-0.2, -0.15) is 11.8 Å². The highest BCUT2D eigenvalue weighted by molar-refractivity contribution is 8.00. The minimum absolute atomic E-state index is 0.00793. The fourth-order valence-corrected chi connectivity index (χ4v) is 4.93. The molecule has 0 aromatic heterocycles. The molecule has 0 radical (unpaired) electrons. The van der Waals surface area contributed by atoms with E-state index in [0.29, 0.717) is 50.3 Å². The number of terminal acetylenes is 1. The van der Waals surface area contributed by atoms with Gasteiger partial charge in [-0.25, -0.2) is 4.79 Å². The van der Waals surface area contributed by atoms with Gasteiger partial charge in [0, 0.05) is 43.2 Å². The van der Waals surface area contributed by atoms with Crippen LogP contribution in [0.1, 0.15) is 57.8 Å². The van der Waals surface area contributed by atoms with Crippen molar-refractivity contribution in [1.82, 2.24) is 16.0 Å². The number of carbonyl (C=O) groups excluding carboxylic acids is 3. The summed E-state index contributed by atoms with van der Waals surface area (Å²) < 4.78 is 0. The van der Waals surface area contributed by atoms with E-state index in [1.54, 1.807) is 0 Å². The number of unbranched alkanes of at least 4 members (excludes halogenated alkanes) is 2. The van der Waals surface area contributed by atoms with Crippen LogP contribution in [0.2, 0.25) is 0 Å². The molecule has 3 amide bonds. The number of urea groups is 1. The van der Waals surface area contributed by atoms with E-state index in [1.165, 1.54) is 0 Å². The summed E-state index contributed by atoms with van der Waals surface area (Å²) in [7, 11) is 0. The highest BCUT2D eigenvalue weighted by Gasteiger charge is 2.42. The largest absolute Gasteiger partial charge is 0.356 e. The number of carbonyl (C=O) groups is 3. The lowest BCUT2D eigenvalue weighted by molar-refractivity contribution is -0.122. The van der Waals surface area contributed by atoms with Crippen molar-refractivity contribution in [3.8, 4) is 12.3 Å². The summed E-state index contributed by atoms with van der Waals surface area (Å²) in [5.74, 6) is 3.76. The lowest BCUT2D eigenvalue weighted by Crippen LogP contribution is -2.36. The molecule has 2 fully saturated rings. The summed E-state index contributed by atoms with van der Waals surface area (Å²) >= 11 is 1.91. The van der Waals surface area contributed by atoms with Gasteiger partial charge in [0.2, 0.25) is 5.91 Å². The molecule has 2 saturated heterocycles. The van der Waals surface area contributed by atoms with Crippen LogP contribution in [0.5, 0.6) is 0 Å². The molecular formula is C19H29N3O3S. The first-order valence-electron chi connectivity index (χ1n) is 9.50. The van der Waals surface area contributed by atoms with Gasteiger partial charge in [0.1, 0.15) is 5.78 Å². The predicted octanol–water partition coefficient (Wildman–Crippen LogP) is 1.98. The van der Waals surface area contributed by atoms with E-state index in [1.807, 2.05) is 11.8 Å². The number of fused-ring (bicyclic) bond motifs is 1. The standard InChI is InChI=1S/C19H29N3O3S/c1-2-3-4-11-17(24)20-12-7-9-14(23)8-5-6-10-16-18-15(13-26-16)21-19(25)22-18/h1,15-16,18H,3-13H2,(H,20,24)(H2,21,22,25)/t15-,16-,18-/m0/s1. The van der Waals surface area contributed by atoms with E-state index in [-0.39, 0.29) is 29.8 Å². The number of amides is 3. The third kappa shape index (κ3) is 6.91. The second-order valence-electron chi connectivity index (χ2n) is 6.92. The number of hydrogen-bond acceptors (Lipinski definition) is 4. The first kappa shape index (κ1) is 20.6. The number of Topliss-reactive ketones (excluding diaryl/α,β-unsaturated/α-hetero) is 1. The third-order valence-corrected chi connectivity index (χ3v) is 6.32. The summed E-state index contributed by atoms with van der Waals surface area (Å²) in [4.78, 5) is 34.8. The Morgan fingerprint density at radius 3 is 2.77 bits per heavy atom. The van der Waals surface area contributed by atoms with Crippen LogP contribution in [0.25, 0.3) is 0 Å². The molecule has 0 spiro atoms. The van der Waals surface area contributed by atoms with Gasteiger partial charge in [0.05, 0.1) is 12.1 Å². The van der Waals surface area contributed by atoms with Gasteiger partial charge < -0.3 is 16.0 Å².